The molecule has 0 aliphatic carbocycles. The summed E-state index contributed by atoms with van der Waals surface area (Å²) in [5.41, 5.74) is 1.42. The van der Waals surface area contributed by atoms with E-state index in [1.165, 1.54) is 16.5 Å². The zero-order chi connectivity index (χ0) is 9.26. The van der Waals surface area contributed by atoms with Crippen LogP contribution in [0.2, 0.25) is 0 Å². The molecule has 0 saturated carbocycles. The number of benzene rings is 1. The molecule has 1 aliphatic rings. The topological polar surface area (TPSA) is 12.0 Å². The quantitative estimate of drug-likeness (QED) is 0.839. The minimum atomic E-state index is 0.683. The van der Waals surface area contributed by atoms with Gasteiger partial charge in [0.25, 0.3) is 0 Å². The van der Waals surface area contributed by atoms with Crippen LogP contribution < -0.4 is 5.32 Å². The van der Waals surface area contributed by atoms with Crippen LogP contribution in [0.1, 0.15) is 17.9 Å². The second-order valence-electron chi connectivity index (χ2n) is 3.36. The van der Waals surface area contributed by atoms with Crippen molar-refractivity contribution in [2.45, 2.75) is 12.3 Å². The fourth-order valence-electron chi connectivity index (χ4n) is 1.75. The van der Waals surface area contributed by atoms with E-state index in [-0.39, 0.29) is 0 Å². The predicted molar refractivity (Wildman–Crippen MR) is 62.1 cm³/mol. The first-order valence-corrected chi connectivity index (χ1v) is 6.01. The van der Waals surface area contributed by atoms with Gasteiger partial charge in [-0.05, 0) is 36.6 Å². The predicted octanol–water partition coefficient (Wildman–Crippen LogP) is 3.29. The molecule has 13 heavy (non-hydrogen) atoms. The Labute approximate surface area is 95.2 Å². The maximum atomic E-state index is 3.60. The summed E-state index contributed by atoms with van der Waals surface area (Å²) in [4.78, 5) is 0. The molecule has 0 radical (unpaired) electrons. The van der Waals surface area contributed by atoms with Crippen molar-refractivity contribution in [1.82, 2.24) is 5.32 Å². The Hall–Kier alpha value is 0.140. The highest BCUT2D eigenvalue weighted by Crippen LogP contribution is 2.31. The summed E-state index contributed by atoms with van der Waals surface area (Å²) in [6, 6.07) is 6.43. The van der Waals surface area contributed by atoms with Gasteiger partial charge in [0, 0.05) is 15.5 Å². The van der Waals surface area contributed by atoms with E-state index in [1.807, 2.05) is 0 Å². The maximum Gasteiger partial charge on any atom is 0.0221 e. The SMILES string of the molecule is Brc1ccc(C2CCNC2)c(Br)c1. The van der Waals surface area contributed by atoms with Crippen molar-refractivity contribution in [3.63, 3.8) is 0 Å². The molecule has 0 bridgehead atoms. The Balaban J connectivity index is 2.29. The third-order valence-corrected chi connectivity index (χ3v) is 3.64. The monoisotopic (exact) mass is 303 g/mol. The molecule has 3 heteroatoms. The van der Waals surface area contributed by atoms with Gasteiger partial charge in [-0.3, -0.25) is 0 Å². The van der Waals surface area contributed by atoms with Crippen LogP contribution in [0.15, 0.2) is 27.1 Å². The highest BCUT2D eigenvalue weighted by molar-refractivity contribution is 9.11. The van der Waals surface area contributed by atoms with Gasteiger partial charge in [-0.2, -0.15) is 0 Å². The van der Waals surface area contributed by atoms with Gasteiger partial charge in [-0.15, -0.1) is 0 Å². The third kappa shape index (κ3) is 2.14. The van der Waals surface area contributed by atoms with Crippen molar-refractivity contribution in [2.75, 3.05) is 13.1 Å². The highest BCUT2D eigenvalue weighted by atomic mass is 79.9. The number of halogens is 2. The van der Waals surface area contributed by atoms with Gasteiger partial charge in [0.1, 0.15) is 0 Å². The summed E-state index contributed by atoms with van der Waals surface area (Å²) in [6.07, 6.45) is 1.25. The van der Waals surface area contributed by atoms with Crippen LogP contribution >= 0.6 is 31.9 Å². The average Bonchev–Trinajstić information content (AvgIpc) is 2.56. The standard InChI is InChI=1S/C10H11Br2N/c11-8-1-2-9(10(12)5-8)7-3-4-13-6-7/h1-2,5,7,13H,3-4,6H2. The molecule has 1 fully saturated rings. The number of nitrogens with one attached hydrogen (secondary N) is 1. The van der Waals surface area contributed by atoms with Crippen molar-refractivity contribution < 1.29 is 0 Å². The van der Waals surface area contributed by atoms with Gasteiger partial charge in [0.15, 0.2) is 0 Å². The second kappa shape index (κ2) is 4.11. The first-order valence-electron chi connectivity index (χ1n) is 4.43. The molecule has 1 aromatic carbocycles. The molecule has 70 valence electrons. The Bertz CT molecular complexity index is 306. The summed E-state index contributed by atoms with van der Waals surface area (Å²) < 4.78 is 2.35. The van der Waals surface area contributed by atoms with Crippen molar-refractivity contribution in [1.29, 1.82) is 0 Å². The van der Waals surface area contributed by atoms with Crippen LogP contribution in [0.4, 0.5) is 0 Å². The number of hydrogen-bond acceptors (Lipinski definition) is 1. The molecule has 1 heterocycles. The first-order chi connectivity index (χ1) is 6.27. The smallest absolute Gasteiger partial charge is 0.0221 e. The zero-order valence-corrected chi connectivity index (χ0v) is 10.4. The number of rotatable bonds is 1. The van der Waals surface area contributed by atoms with Crippen LogP contribution in [-0.2, 0) is 0 Å². The van der Waals surface area contributed by atoms with Crippen LogP contribution in [0.5, 0.6) is 0 Å². The Morgan fingerprint density at radius 1 is 1.31 bits per heavy atom. The van der Waals surface area contributed by atoms with Gasteiger partial charge in [-0.1, -0.05) is 37.9 Å². The third-order valence-electron chi connectivity index (χ3n) is 2.46. The molecule has 0 amide bonds. The first kappa shape index (κ1) is 9.69. The molecule has 2 rings (SSSR count). The zero-order valence-electron chi connectivity index (χ0n) is 7.19. The molecule has 1 aromatic rings. The summed E-state index contributed by atoms with van der Waals surface area (Å²) >= 11 is 7.06. The molecule has 0 aromatic heterocycles. The molecule has 1 nitrogen and oxygen atoms in total. The van der Waals surface area contributed by atoms with E-state index in [2.05, 4.69) is 55.4 Å². The Kier molecular flexibility index (Phi) is 3.06. The molecule has 1 aliphatic heterocycles. The van der Waals surface area contributed by atoms with E-state index >= 15 is 0 Å². The summed E-state index contributed by atoms with van der Waals surface area (Å²) in [6.45, 7) is 2.26. The molecule has 1 atom stereocenters. The van der Waals surface area contributed by atoms with E-state index in [4.69, 9.17) is 0 Å². The molecule has 1 saturated heterocycles. The van der Waals surface area contributed by atoms with Gasteiger partial charge >= 0.3 is 0 Å². The molecular formula is C10H11Br2N. The van der Waals surface area contributed by atoms with E-state index in [1.54, 1.807) is 0 Å². The van der Waals surface area contributed by atoms with E-state index in [9.17, 15) is 0 Å². The largest absolute Gasteiger partial charge is 0.316 e. The normalized spacial score (nSPS) is 22.2. The molecule has 1 unspecified atom stereocenters. The summed E-state index contributed by atoms with van der Waals surface area (Å²) in [5, 5.41) is 3.38. The van der Waals surface area contributed by atoms with Crippen LogP contribution in [0, 0.1) is 0 Å². The minimum absolute atomic E-state index is 0.683. The van der Waals surface area contributed by atoms with Gasteiger partial charge < -0.3 is 5.32 Å². The fraction of sp³-hybridized carbons (Fsp3) is 0.400. The highest BCUT2D eigenvalue weighted by Gasteiger charge is 2.18. The van der Waals surface area contributed by atoms with Crippen LogP contribution in [0.3, 0.4) is 0 Å². The van der Waals surface area contributed by atoms with Crippen LogP contribution in [0.25, 0.3) is 0 Å². The molecule has 1 N–H and O–H groups in total. The van der Waals surface area contributed by atoms with Crippen molar-refractivity contribution in [3.8, 4) is 0 Å². The lowest BCUT2D eigenvalue weighted by atomic mass is 9.99. The van der Waals surface area contributed by atoms with Crippen molar-refractivity contribution >= 4 is 31.9 Å². The maximum absolute atomic E-state index is 3.60. The summed E-state index contributed by atoms with van der Waals surface area (Å²) in [5.74, 6) is 0.683. The molecule has 0 spiro atoms. The van der Waals surface area contributed by atoms with E-state index < -0.39 is 0 Å². The minimum Gasteiger partial charge on any atom is -0.316 e. The molecular weight excluding hydrogens is 294 g/mol. The van der Waals surface area contributed by atoms with Crippen LogP contribution in [-0.4, -0.2) is 13.1 Å². The van der Waals surface area contributed by atoms with E-state index in [0.29, 0.717) is 5.92 Å². The van der Waals surface area contributed by atoms with Crippen molar-refractivity contribution in [2.24, 2.45) is 0 Å². The summed E-state index contributed by atoms with van der Waals surface area (Å²) in [7, 11) is 0. The lowest BCUT2D eigenvalue weighted by Crippen LogP contribution is -2.08. The lowest BCUT2D eigenvalue weighted by Gasteiger charge is -2.11. The second-order valence-corrected chi connectivity index (χ2v) is 5.13. The van der Waals surface area contributed by atoms with Gasteiger partial charge in [-0.25, -0.2) is 0 Å². The number of hydrogen-bond donors (Lipinski definition) is 1. The fourth-order valence-corrected chi connectivity index (χ4v) is 3.12. The van der Waals surface area contributed by atoms with Crippen molar-refractivity contribution in [3.05, 3.63) is 32.7 Å². The Morgan fingerprint density at radius 2 is 2.15 bits per heavy atom. The lowest BCUT2D eigenvalue weighted by molar-refractivity contribution is 0.759. The average molecular weight is 305 g/mol. The van der Waals surface area contributed by atoms with Gasteiger partial charge in [0.05, 0.1) is 0 Å². The van der Waals surface area contributed by atoms with E-state index in [0.717, 1.165) is 17.6 Å². The Morgan fingerprint density at radius 3 is 2.77 bits per heavy atom. The van der Waals surface area contributed by atoms with Gasteiger partial charge in [0.2, 0.25) is 0 Å².